The molecular weight excluding hydrogens is 230 g/mol. The van der Waals surface area contributed by atoms with Crippen molar-refractivity contribution in [1.29, 1.82) is 0 Å². The van der Waals surface area contributed by atoms with E-state index in [9.17, 15) is 0 Å². The lowest BCUT2D eigenvalue weighted by atomic mass is 9.91. The van der Waals surface area contributed by atoms with Crippen LogP contribution in [0.25, 0.3) is 0 Å². The largest absolute Gasteiger partial charge is 0.310 e. The van der Waals surface area contributed by atoms with Gasteiger partial charge in [0, 0.05) is 11.1 Å². The average molecular weight is 254 g/mol. The summed E-state index contributed by atoms with van der Waals surface area (Å²) in [5, 5.41) is 4.47. The van der Waals surface area contributed by atoms with Crippen molar-refractivity contribution in [3.05, 3.63) is 34.9 Å². The minimum absolute atomic E-state index is 0.425. The first kappa shape index (κ1) is 14.5. The SMILES string of the molecule is CCCNC(c1cccc(Cl)c1)C(C)CCC. The smallest absolute Gasteiger partial charge is 0.0409 e. The molecule has 1 rings (SSSR count). The van der Waals surface area contributed by atoms with Crippen LogP contribution in [-0.2, 0) is 0 Å². The molecule has 0 saturated heterocycles. The number of hydrogen-bond acceptors (Lipinski definition) is 1. The summed E-state index contributed by atoms with van der Waals surface area (Å²) in [6, 6.07) is 8.66. The van der Waals surface area contributed by atoms with E-state index in [1.807, 2.05) is 12.1 Å². The zero-order valence-corrected chi connectivity index (χ0v) is 11.9. The molecule has 96 valence electrons. The van der Waals surface area contributed by atoms with E-state index in [2.05, 4.69) is 38.2 Å². The lowest BCUT2D eigenvalue weighted by molar-refractivity contribution is 0.363. The zero-order valence-electron chi connectivity index (χ0n) is 11.2. The predicted octanol–water partition coefficient (Wildman–Crippen LogP) is 4.82. The number of benzene rings is 1. The topological polar surface area (TPSA) is 12.0 Å². The van der Waals surface area contributed by atoms with Gasteiger partial charge in [-0.2, -0.15) is 0 Å². The molecule has 0 amide bonds. The van der Waals surface area contributed by atoms with E-state index in [0.29, 0.717) is 12.0 Å². The number of halogens is 1. The van der Waals surface area contributed by atoms with Gasteiger partial charge in [0.2, 0.25) is 0 Å². The summed E-state index contributed by atoms with van der Waals surface area (Å²) in [7, 11) is 0. The first-order valence-electron chi connectivity index (χ1n) is 6.67. The zero-order chi connectivity index (χ0) is 12.7. The Morgan fingerprint density at radius 3 is 2.59 bits per heavy atom. The molecule has 0 heterocycles. The van der Waals surface area contributed by atoms with Gasteiger partial charge in [0.15, 0.2) is 0 Å². The summed E-state index contributed by atoms with van der Waals surface area (Å²) in [4.78, 5) is 0. The fourth-order valence-electron chi connectivity index (χ4n) is 2.27. The quantitative estimate of drug-likeness (QED) is 0.735. The lowest BCUT2D eigenvalue weighted by Crippen LogP contribution is -2.27. The first-order valence-corrected chi connectivity index (χ1v) is 7.05. The van der Waals surface area contributed by atoms with Crippen LogP contribution in [0.15, 0.2) is 24.3 Å². The maximum absolute atomic E-state index is 6.08. The highest BCUT2D eigenvalue weighted by molar-refractivity contribution is 6.30. The van der Waals surface area contributed by atoms with Crippen LogP contribution in [0.5, 0.6) is 0 Å². The van der Waals surface area contributed by atoms with Gasteiger partial charge in [0.1, 0.15) is 0 Å². The molecule has 0 aliphatic carbocycles. The summed E-state index contributed by atoms with van der Waals surface area (Å²) in [5.74, 6) is 0.644. The van der Waals surface area contributed by atoms with Crippen molar-refractivity contribution >= 4 is 11.6 Å². The molecule has 2 unspecified atom stereocenters. The molecule has 2 atom stereocenters. The van der Waals surface area contributed by atoms with Crippen LogP contribution in [0, 0.1) is 5.92 Å². The molecule has 1 nitrogen and oxygen atoms in total. The van der Waals surface area contributed by atoms with Gasteiger partial charge in [-0.15, -0.1) is 0 Å². The lowest BCUT2D eigenvalue weighted by Gasteiger charge is -2.25. The highest BCUT2D eigenvalue weighted by Crippen LogP contribution is 2.27. The molecule has 0 radical (unpaired) electrons. The summed E-state index contributed by atoms with van der Waals surface area (Å²) in [5.41, 5.74) is 1.31. The van der Waals surface area contributed by atoms with E-state index in [1.54, 1.807) is 0 Å². The van der Waals surface area contributed by atoms with E-state index in [0.717, 1.165) is 18.0 Å². The normalized spacial score (nSPS) is 14.6. The second-order valence-electron chi connectivity index (χ2n) is 4.75. The van der Waals surface area contributed by atoms with Gasteiger partial charge in [0.25, 0.3) is 0 Å². The number of nitrogens with one attached hydrogen (secondary N) is 1. The Morgan fingerprint density at radius 1 is 1.24 bits per heavy atom. The Morgan fingerprint density at radius 2 is 2.00 bits per heavy atom. The van der Waals surface area contributed by atoms with Crippen LogP contribution < -0.4 is 5.32 Å². The van der Waals surface area contributed by atoms with Crippen molar-refractivity contribution in [2.45, 2.75) is 46.1 Å². The highest BCUT2D eigenvalue weighted by atomic mass is 35.5. The maximum Gasteiger partial charge on any atom is 0.0409 e. The Kier molecular flexibility index (Phi) is 6.61. The van der Waals surface area contributed by atoms with E-state index in [-0.39, 0.29) is 0 Å². The molecule has 0 aliphatic heterocycles. The number of rotatable bonds is 7. The molecule has 2 heteroatoms. The fourth-order valence-corrected chi connectivity index (χ4v) is 2.47. The molecule has 0 spiro atoms. The average Bonchev–Trinajstić information content (AvgIpc) is 2.30. The maximum atomic E-state index is 6.08. The van der Waals surface area contributed by atoms with Gasteiger partial charge in [-0.3, -0.25) is 0 Å². The monoisotopic (exact) mass is 253 g/mol. The van der Waals surface area contributed by atoms with Gasteiger partial charge >= 0.3 is 0 Å². The van der Waals surface area contributed by atoms with E-state index < -0.39 is 0 Å². The standard InChI is InChI=1S/C15H24ClN/c1-4-7-12(3)15(17-10-5-2)13-8-6-9-14(16)11-13/h6,8-9,11-12,15,17H,4-5,7,10H2,1-3H3. The molecule has 0 bridgehead atoms. The molecule has 1 aromatic carbocycles. The van der Waals surface area contributed by atoms with Crippen molar-refractivity contribution in [3.63, 3.8) is 0 Å². The molecule has 0 aliphatic rings. The van der Waals surface area contributed by atoms with Gasteiger partial charge in [-0.1, -0.05) is 50.9 Å². The second kappa shape index (κ2) is 7.73. The third-order valence-corrected chi connectivity index (χ3v) is 3.37. The number of hydrogen-bond donors (Lipinski definition) is 1. The molecule has 0 saturated carbocycles. The van der Waals surface area contributed by atoms with Gasteiger partial charge in [-0.25, -0.2) is 0 Å². The Balaban J connectivity index is 2.81. The Hall–Kier alpha value is -0.530. The van der Waals surface area contributed by atoms with Crippen LogP contribution in [0.3, 0.4) is 0 Å². The van der Waals surface area contributed by atoms with Crippen molar-refractivity contribution in [1.82, 2.24) is 5.32 Å². The van der Waals surface area contributed by atoms with E-state index in [1.165, 1.54) is 18.4 Å². The van der Waals surface area contributed by atoms with Crippen LogP contribution in [0.2, 0.25) is 5.02 Å². The van der Waals surface area contributed by atoms with Crippen molar-refractivity contribution in [2.75, 3.05) is 6.54 Å². The molecular formula is C15H24ClN. The van der Waals surface area contributed by atoms with Gasteiger partial charge < -0.3 is 5.32 Å². The highest BCUT2D eigenvalue weighted by Gasteiger charge is 2.17. The van der Waals surface area contributed by atoms with Crippen molar-refractivity contribution < 1.29 is 0 Å². The summed E-state index contributed by atoms with van der Waals surface area (Å²) < 4.78 is 0. The van der Waals surface area contributed by atoms with Gasteiger partial charge in [-0.05, 0) is 43.0 Å². The van der Waals surface area contributed by atoms with Crippen molar-refractivity contribution in [3.8, 4) is 0 Å². The second-order valence-corrected chi connectivity index (χ2v) is 5.19. The minimum atomic E-state index is 0.425. The summed E-state index contributed by atoms with van der Waals surface area (Å²) >= 11 is 6.08. The minimum Gasteiger partial charge on any atom is -0.310 e. The molecule has 1 N–H and O–H groups in total. The molecule has 1 aromatic rings. The summed E-state index contributed by atoms with van der Waals surface area (Å²) in [6.45, 7) is 7.82. The molecule has 17 heavy (non-hydrogen) atoms. The van der Waals surface area contributed by atoms with Crippen LogP contribution in [0.4, 0.5) is 0 Å². The van der Waals surface area contributed by atoms with Crippen LogP contribution >= 0.6 is 11.6 Å². The molecule has 0 fully saturated rings. The van der Waals surface area contributed by atoms with E-state index in [4.69, 9.17) is 11.6 Å². The first-order chi connectivity index (χ1) is 8.19. The third-order valence-electron chi connectivity index (χ3n) is 3.14. The fraction of sp³-hybridized carbons (Fsp3) is 0.600. The van der Waals surface area contributed by atoms with Crippen LogP contribution in [0.1, 0.15) is 51.6 Å². The predicted molar refractivity (Wildman–Crippen MR) is 76.6 cm³/mol. The van der Waals surface area contributed by atoms with E-state index >= 15 is 0 Å². The van der Waals surface area contributed by atoms with Gasteiger partial charge in [0.05, 0.1) is 0 Å². The third kappa shape index (κ3) is 4.69. The molecule has 0 aromatic heterocycles. The Bertz CT molecular complexity index is 324. The van der Waals surface area contributed by atoms with Crippen LogP contribution in [-0.4, -0.2) is 6.54 Å². The van der Waals surface area contributed by atoms with Crippen molar-refractivity contribution in [2.24, 2.45) is 5.92 Å². The summed E-state index contributed by atoms with van der Waals surface area (Å²) in [6.07, 6.45) is 3.63. The Labute approximate surface area is 111 Å².